The first kappa shape index (κ1) is 62.7. The summed E-state index contributed by atoms with van der Waals surface area (Å²) < 4.78 is 23.6. The quantitative estimate of drug-likeness (QED) is 0.0243. The van der Waals surface area contributed by atoms with Crippen molar-refractivity contribution < 1.29 is 32.9 Å². The van der Waals surface area contributed by atoms with E-state index >= 15 is 0 Å². The number of nitrogens with zero attached hydrogens (tertiary/aromatic N) is 1. The van der Waals surface area contributed by atoms with Crippen LogP contribution in [0.3, 0.4) is 0 Å². The Hall–Kier alpha value is -1.28. The number of carbonyl (C=O) groups is 1. The molecule has 0 saturated carbocycles. The summed E-state index contributed by atoms with van der Waals surface area (Å²) in [5, 5.41) is 13.9. The molecule has 0 aliphatic rings. The molecule has 378 valence electrons. The fourth-order valence-electron chi connectivity index (χ4n) is 8.02. The molecule has 3 unspecified atom stereocenters. The lowest BCUT2D eigenvalue weighted by Gasteiger charge is -2.25. The van der Waals surface area contributed by atoms with Crippen molar-refractivity contribution in [2.24, 2.45) is 0 Å². The third-order valence-electron chi connectivity index (χ3n) is 12.3. The topological polar surface area (TPSA) is 105 Å². The maximum absolute atomic E-state index is 12.9. The van der Waals surface area contributed by atoms with Crippen LogP contribution in [0.1, 0.15) is 258 Å². The molecular weight excluding hydrogens is 816 g/mol. The van der Waals surface area contributed by atoms with Gasteiger partial charge in [0.05, 0.1) is 39.9 Å². The summed E-state index contributed by atoms with van der Waals surface area (Å²) in [5.41, 5.74) is 0. The predicted molar refractivity (Wildman–Crippen MR) is 277 cm³/mol. The van der Waals surface area contributed by atoms with Crippen LogP contribution in [0.25, 0.3) is 0 Å². The summed E-state index contributed by atoms with van der Waals surface area (Å²) in [4.78, 5) is 23.2. The van der Waals surface area contributed by atoms with Crippen molar-refractivity contribution in [1.82, 2.24) is 5.32 Å². The Morgan fingerprint density at radius 3 is 1.25 bits per heavy atom. The fourth-order valence-corrected chi connectivity index (χ4v) is 8.75. The van der Waals surface area contributed by atoms with Crippen LogP contribution in [0, 0.1) is 0 Å². The number of unbranched alkanes of at least 4 members (excludes halogenated alkanes) is 33. The minimum atomic E-state index is -4.35. The van der Waals surface area contributed by atoms with E-state index < -0.39 is 20.0 Å². The molecule has 0 radical (unpaired) electrons. The maximum atomic E-state index is 12.9. The number of nitrogens with one attached hydrogen (secondary N) is 1. The SMILES string of the molecule is CCCCCCCCCCCCCCCCCCCCCC/C=C/CC/C=C/CC/C=C/C(O)C(COP(=O)(O)OCC[N+](C)(C)C)NC(=O)CCCCCCCCCCCCCC. The second kappa shape index (κ2) is 46.8. The van der Waals surface area contributed by atoms with Gasteiger partial charge in [-0.1, -0.05) is 243 Å². The highest BCUT2D eigenvalue weighted by atomic mass is 31.2. The molecule has 64 heavy (non-hydrogen) atoms. The van der Waals surface area contributed by atoms with Crippen LogP contribution in [-0.4, -0.2) is 73.4 Å². The third-order valence-corrected chi connectivity index (χ3v) is 13.3. The van der Waals surface area contributed by atoms with Crippen LogP contribution >= 0.6 is 7.82 Å². The fraction of sp³-hybridized carbons (Fsp3) is 0.873. The minimum absolute atomic E-state index is 0.0548. The summed E-state index contributed by atoms with van der Waals surface area (Å²) in [6.45, 7) is 4.80. The molecule has 3 N–H and O–H groups in total. The van der Waals surface area contributed by atoms with Gasteiger partial charge >= 0.3 is 7.82 Å². The van der Waals surface area contributed by atoms with E-state index in [1.165, 1.54) is 193 Å². The molecular formula is C55H108N2O6P+. The summed E-state index contributed by atoms with van der Waals surface area (Å²) in [7, 11) is 1.55. The van der Waals surface area contributed by atoms with Crippen molar-refractivity contribution in [2.75, 3.05) is 40.9 Å². The Balaban J connectivity index is 4.19. The minimum Gasteiger partial charge on any atom is -0.387 e. The van der Waals surface area contributed by atoms with E-state index in [2.05, 4.69) is 43.5 Å². The molecule has 0 aromatic rings. The Morgan fingerprint density at radius 2 is 0.859 bits per heavy atom. The van der Waals surface area contributed by atoms with Crippen molar-refractivity contribution in [3.8, 4) is 0 Å². The number of rotatable bonds is 50. The smallest absolute Gasteiger partial charge is 0.387 e. The van der Waals surface area contributed by atoms with E-state index in [1.54, 1.807) is 6.08 Å². The number of likely N-dealkylation sites (N-methyl/N-ethyl adjacent to an activating group) is 1. The van der Waals surface area contributed by atoms with Gasteiger partial charge in [0, 0.05) is 6.42 Å². The number of hydrogen-bond acceptors (Lipinski definition) is 5. The molecule has 0 bridgehead atoms. The molecule has 0 aromatic heterocycles. The van der Waals surface area contributed by atoms with Crippen molar-refractivity contribution in [2.45, 2.75) is 270 Å². The first-order valence-corrected chi connectivity index (χ1v) is 28.9. The van der Waals surface area contributed by atoms with Crippen molar-refractivity contribution in [1.29, 1.82) is 0 Å². The highest BCUT2D eigenvalue weighted by Crippen LogP contribution is 2.43. The third kappa shape index (κ3) is 48.6. The first-order valence-electron chi connectivity index (χ1n) is 27.4. The van der Waals surface area contributed by atoms with Gasteiger partial charge in [0.15, 0.2) is 0 Å². The molecule has 0 aliphatic heterocycles. The summed E-state index contributed by atoms with van der Waals surface area (Å²) >= 11 is 0. The molecule has 8 nitrogen and oxygen atoms in total. The van der Waals surface area contributed by atoms with Gasteiger partial charge in [-0.05, 0) is 44.9 Å². The van der Waals surface area contributed by atoms with Crippen LogP contribution in [-0.2, 0) is 18.4 Å². The zero-order valence-corrected chi connectivity index (χ0v) is 43.9. The average Bonchev–Trinajstić information content (AvgIpc) is 3.25. The summed E-state index contributed by atoms with van der Waals surface area (Å²) in [6.07, 6.45) is 59.7. The zero-order chi connectivity index (χ0) is 47.1. The van der Waals surface area contributed by atoms with Crippen molar-refractivity contribution >= 4 is 13.7 Å². The van der Waals surface area contributed by atoms with Gasteiger partial charge in [0.2, 0.25) is 5.91 Å². The van der Waals surface area contributed by atoms with Crippen molar-refractivity contribution in [3.63, 3.8) is 0 Å². The number of aliphatic hydroxyl groups is 1. The molecule has 9 heteroatoms. The Bertz CT molecular complexity index is 1140. The number of allylic oxidation sites excluding steroid dienone is 5. The van der Waals surface area contributed by atoms with Gasteiger partial charge in [-0.2, -0.15) is 0 Å². The van der Waals surface area contributed by atoms with E-state index in [9.17, 15) is 19.4 Å². The lowest BCUT2D eigenvalue weighted by molar-refractivity contribution is -0.870. The average molecular weight is 924 g/mol. The Morgan fingerprint density at radius 1 is 0.516 bits per heavy atom. The Labute approximate surface area is 397 Å². The van der Waals surface area contributed by atoms with Gasteiger partial charge in [-0.25, -0.2) is 4.57 Å². The van der Waals surface area contributed by atoms with Gasteiger partial charge in [0.1, 0.15) is 13.2 Å². The van der Waals surface area contributed by atoms with Crippen LogP contribution in [0.15, 0.2) is 36.5 Å². The normalized spacial score (nSPS) is 14.3. The zero-order valence-electron chi connectivity index (χ0n) is 43.0. The van der Waals surface area contributed by atoms with E-state index in [-0.39, 0.29) is 19.1 Å². The Kier molecular flexibility index (Phi) is 45.9. The molecule has 0 spiro atoms. The maximum Gasteiger partial charge on any atom is 0.472 e. The monoisotopic (exact) mass is 924 g/mol. The number of carbonyl (C=O) groups excluding carboxylic acids is 1. The highest BCUT2D eigenvalue weighted by molar-refractivity contribution is 7.47. The molecule has 0 aliphatic carbocycles. The van der Waals surface area contributed by atoms with Gasteiger partial charge < -0.3 is 19.8 Å². The highest BCUT2D eigenvalue weighted by Gasteiger charge is 2.27. The number of phosphoric ester groups is 1. The number of aliphatic hydroxyl groups excluding tert-OH is 1. The predicted octanol–water partition coefficient (Wildman–Crippen LogP) is 16.2. The standard InChI is InChI=1S/C55H107N2O6P/c1-6-8-10-12-14-16-18-20-21-22-23-24-25-26-27-28-29-30-31-32-33-34-35-36-37-38-40-42-44-46-48-54(58)53(52-63-64(60,61)62-51-50-57(3,4)5)56-55(59)49-47-45-43-41-39-19-17-15-13-11-9-7-2/h34-35,38,40,46,48,53-54,58H,6-33,36-37,39,41-45,47,49-52H2,1-5H3,(H-,56,59,60,61)/p+1/b35-34+,40-38+,48-46+. The molecule has 0 aromatic carbocycles. The number of quaternary nitrogens is 1. The number of amides is 1. The summed E-state index contributed by atoms with van der Waals surface area (Å²) in [6, 6.07) is -0.866. The van der Waals surface area contributed by atoms with Crippen LogP contribution in [0.5, 0.6) is 0 Å². The molecule has 3 atom stereocenters. The molecule has 0 fully saturated rings. The lowest BCUT2D eigenvalue weighted by Crippen LogP contribution is -2.45. The molecule has 0 saturated heterocycles. The van der Waals surface area contributed by atoms with E-state index in [0.717, 1.165) is 44.9 Å². The molecule has 1 amide bonds. The lowest BCUT2D eigenvalue weighted by atomic mass is 10.0. The van der Waals surface area contributed by atoms with E-state index in [1.807, 2.05) is 27.2 Å². The van der Waals surface area contributed by atoms with Gasteiger partial charge in [-0.3, -0.25) is 13.8 Å². The van der Waals surface area contributed by atoms with Crippen molar-refractivity contribution in [3.05, 3.63) is 36.5 Å². The van der Waals surface area contributed by atoms with Gasteiger partial charge in [-0.15, -0.1) is 0 Å². The summed E-state index contributed by atoms with van der Waals surface area (Å²) in [5.74, 6) is -0.190. The second-order valence-electron chi connectivity index (χ2n) is 19.9. The largest absolute Gasteiger partial charge is 0.472 e. The first-order chi connectivity index (χ1) is 31.0. The van der Waals surface area contributed by atoms with E-state index in [4.69, 9.17) is 9.05 Å². The number of hydrogen-bond donors (Lipinski definition) is 3. The van der Waals surface area contributed by atoms with E-state index in [0.29, 0.717) is 17.4 Å². The molecule has 0 rings (SSSR count). The van der Waals surface area contributed by atoms with Gasteiger partial charge in [0.25, 0.3) is 0 Å². The number of phosphoric acid groups is 1. The van der Waals surface area contributed by atoms with Crippen LogP contribution < -0.4 is 5.32 Å². The van der Waals surface area contributed by atoms with Crippen LogP contribution in [0.4, 0.5) is 0 Å². The van der Waals surface area contributed by atoms with Crippen LogP contribution in [0.2, 0.25) is 0 Å². The molecule has 0 heterocycles. The second-order valence-corrected chi connectivity index (χ2v) is 21.4.